The number of nitrogens with one attached hydrogen (secondary N) is 2. The predicted octanol–water partition coefficient (Wildman–Crippen LogP) is 2.89. The Kier molecular flexibility index (Phi) is 7.98. The van der Waals surface area contributed by atoms with Crippen molar-refractivity contribution in [3.8, 4) is 0 Å². The zero-order valence-electron chi connectivity index (χ0n) is 11.9. The van der Waals surface area contributed by atoms with Crippen molar-refractivity contribution in [2.75, 3.05) is 13.1 Å². The van der Waals surface area contributed by atoms with Crippen LogP contribution in [0.4, 0.5) is 3.89 Å². The highest BCUT2D eigenvalue weighted by molar-refractivity contribution is 7.92. The lowest BCUT2D eigenvalue weighted by molar-refractivity contribution is 0.520. The summed E-state index contributed by atoms with van der Waals surface area (Å²) in [4.78, 5) is 17.3. The third-order valence-electron chi connectivity index (χ3n) is 2.73. The highest BCUT2D eigenvalue weighted by atomic mass is 32.2. The molecule has 0 bridgehead atoms. The number of aromatic amines is 1. The Balaban J connectivity index is 0.000000211. The van der Waals surface area contributed by atoms with E-state index in [2.05, 4.69) is 15.3 Å². The first-order valence-corrected chi connectivity index (χ1v) is 7.55. The van der Waals surface area contributed by atoms with Gasteiger partial charge in [-0.1, -0.05) is 20.3 Å². The summed E-state index contributed by atoms with van der Waals surface area (Å²) >= 11 is 0.0150. The van der Waals surface area contributed by atoms with Crippen molar-refractivity contribution >= 4 is 23.4 Å². The Labute approximate surface area is 122 Å². The molecule has 112 valence electrons. The van der Waals surface area contributed by atoms with Gasteiger partial charge in [0.05, 0.1) is 11.7 Å². The van der Waals surface area contributed by atoms with Gasteiger partial charge >= 0.3 is 0 Å². The average Bonchev–Trinajstić information content (AvgIpc) is 2.96. The van der Waals surface area contributed by atoms with E-state index in [4.69, 9.17) is 0 Å². The van der Waals surface area contributed by atoms with Crippen LogP contribution in [0.1, 0.15) is 33.1 Å². The Morgan fingerprint density at radius 1 is 1.30 bits per heavy atom. The molecule has 5 nitrogen and oxygen atoms in total. The lowest BCUT2D eigenvalue weighted by atomic mass is 10.2. The van der Waals surface area contributed by atoms with Crippen LogP contribution in [0.5, 0.6) is 0 Å². The molecule has 2 N–H and O–H groups in total. The number of piperidine rings is 1. The molecule has 0 amide bonds. The molecular formula is C13H21FN4OS. The van der Waals surface area contributed by atoms with Crippen molar-refractivity contribution in [2.45, 2.75) is 33.1 Å². The monoisotopic (exact) mass is 300 g/mol. The van der Waals surface area contributed by atoms with Crippen LogP contribution in [0, 0.1) is 0 Å². The smallest absolute Gasteiger partial charge is 0.260 e. The van der Waals surface area contributed by atoms with Gasteiger partial charge < -0.3 is 10.3 Å². The molecule has 0 spiro atoms. The Hall–Kier alpha value is -1.34. The van der Waals surface area contributed by atoms with E-state index in [1.54, 1.807) is 0 Å². The highest BCUT2D eigenvalue weighted by Gasteiger charge is 2.04. The number of nitrogens with zero attached hydrogens (tertiary/aromatic N) is 2. The van der Waals surface area contributed by atoms with E-state index in [-0.39, 0.29) is 17.9 Å². The van der Waals surface area contributed by atoms with E-state index in [1.165, 1.54) is 54.9 Å². The summed E-state index contributed by atoms with van der Waals surface area (Å²) < 4.78 is 13.3. The predicted molar refractivity (Wildman–Crippen MR) is 82.5 cm³/mol. The summed E-state index contributed by atoms with van der Waals surface area (Å²) in [7, 11) is 0. The van der Waals surface area contributed by atoms with Crippen LogP contribution in [0.3, 0.4) is 0 Å². The van der Waals surface area contributed by atoms with Gasteiger partial charge in [-0.3, -0.25) is 4.79 Å². The molecule has 0 aromatic carbocycles. The SMILES string of the molecule is C1CCNCC1.CC.O=c1[nH]cnc2c1ccn2SF. The van der Waals surface area contributed by atoms with Gasteiger partial charge in [0.1, 0.15) is 0 Å². The number of aromatic nitrogens is 3. The fourth-order valence-electron chi connectivity index (χ4n) is 1.80. The van der Waals surface area contributed by atoms with Crippen molar-refractivity contribution in [1.82, 2.24) is 19.3 Å². The normalized spacial score (nSPS) is 13.9. The summed E-state index contributed by atoms with van der Waals surface area (Å²) in [5.41, 5.74) is 0.0825. The second kappa shape index (κ2) is 9.55. The molecule has 7 heteroatoms. The van der Waals surface area contributed by atoms with Gasteiger partial charge in [-0.2, -0.15) is 0 Å². The molecule has 0 unspecified atom stereocenters. The van der Waals surface area contributed by atoms with Gasteiger partial charge in [-0.15, -0.1) is 3.89 Å². The van der Waals surface area contributed by atoms with Gasteiger partial charge in [0.15, 0.2) is 18.0 Å². The van der Waals surface area contributed by atoms with Crippen molar-refractivity contribution in [3.05, 3.63) is 28.9 Å². The number of H-pyrrole nitrogens is 1. The van der Waals surface area contributed by atoms with Crippen molar-refractivity contribution < 1.29 is 3.89 Å². The maximum absolute atomic E-state index is 12.1. The molecule has 0 aliphatic carbocycles. The Morgan fingerprint density at radius 2 is 2.00 bits per heavy atom. The average molecular weight is 300 g/mol. The van der Waals surface area contributed by atoms with E-state index in [9.17, 15) is 8.68 Å². The topological polar surface area (TPSA) is 62.7 Å². The van der Waals surface area contributed by atoms with E-state index in [0.29, 0.717) is 11.0 Å². The lowest BCUT2D eigenvalue weighted by Gasteiger charge is -2.08. The molecule has 1 aliphatic rings. The fourth-order valence-corrected chi connectivity index (χ4v) is 2.11. The van der Waals surface area contributed by atoms with Gasteiger partial charge in [-0.25, -0.2) is 8.96 Å². The number of hydrogen-bond acceptors (Lipinski definition) is 4. The Morgan fingerprint density at radius 3 is 2.50 bits per heavy atom. The third-order valence-corrected chi connectivity index (χ3v) is 3.18. The lowest BCUT2D eigenvalue weighted by Crippen LogP contribution is -2.21. The molecular weight excluding hydrogens is 279 g/mol. The van der Waals surface area contributed by atoms with Gasteiger partial charge in [0, 0.05) is 6.20 Å². The molecule has 0 atom stereocenters. The molecule has 1 saturated heterocycles. The molecule has 1 aliphatic heterocycles. The summed E-state index contributed by atoms with van der Waals surface area (Å²) in [5.74, 6) is 0. The largest absolute Gasteiger partial charge is 0.317 e. The summed E-state index contributed by atoms with van der Waals surface area (Å²) in [6.07, 6.45) is 6.92. The molecule has 20 heavy (non-hydrogen) atoms. The second-order valence-corrected chi connectivity index (χ2v) is 4.52. The van der Waals surface area contributed by atoms with Crippen LogP contribution >= 0.6 is 12.3 Å². The standard InChI is InChI=1S/C6H4FN3OS.C5H11N.C2H6/c7-12-10-2-1-4-5(10)8-3-9-6(4)11;1-2-4-6-5-3-1;1-2/h1-3H,(H,8,9,11);6H,1-5H2;1-2H3. The van der Waals surface area contributed by atoms with Crippen molar-refractivity contribution in [1.29, 1.82) is 0 Å². The highest BCUT2D eigenvalue weighted by Crippen LogP contribution is 2.15. The zero-order valence-corrected chi connectivity index (χ0v) is 12.7. The van der Waals surface area contributed by atoms with Gasteiger partial charge in [0.25, 0.3) is 5.56 Å². The van der Waals surface area contributed by atoms with E-state index < -0.39 is 0 Å². The summed E-state index contributed by atoms with van der Waals surface area (Å²) in [6.45, 7) is 6.50. The third kappa shape index (κ3) is 4.64. The zero-order chi connectivity index (χ0) is 14.8. The van der Waals surface area contributed by atoms with E-state index in [1.807, 2.05) is 13.8 Å². The number of halogens is 1. The van der Waals surface area contributed by atoms with E-state index >= 15 is 0 Å². The molecule has 1 fully saturated rings. The van der Waals surface area contributed by atoms with Gasteiger partial charge in [0.2, 0.25) is 0 Å². The second-order valence-electron chi connectivity index (χ2n) is 3.99. The van der Waals surface area contributed by atoms with Crippen LogP contribution in [0.15, 0.2) is 23.4 Å². The van der Waals surface area contributed by atoms with Gasteiger partial charge in [-0.05, 0) is 32.0 Å². The first-order valence-electron chi connectivity index (χ1n) is 6.87. The van der Waals surface area contributed by atoms with Crippen LogP contribution in [-0.2, 0) is 0 Å². The van der Waals surface area contributed by atoms with Crippen LogP contribution in [-0.4, -0.2) is 27.0 Å². The molecule has 2 aromatic rings. The number of rotatable bonds is 1. The first kappa shape index (κ1) is 16.7. The summed E-state index contributed by atoms with van der Waals surface area (Å²) in [5, 5.41) is 3.68. The minimum atomic E-state index is -0.257. The molecule has 3 rings (SSSR count). The number of fused-ring (bicyclic) bond motifs is 1. The molecule has 0 radical (unpaired) electrons. The minimum absolute atomic E-state index is 0.0150. The quantitative estimate of drug-likeness (QED) is 0.850. The van der Waals surface area contributed by atoms with Crippen LogP contribution in [0.2, 0.25) is 0 Å². The molecule has 3 heterocycles. The maximum Gasteiger partial charge on any atom is 0.260 e. The Bertz CT molecular complexity index is 539. The first-order chi connectivity index (χ1) is 9.83. The summed E-state index contributed by atoms with van der Waals surface area (Å²) in [6, 6.07) is 1.52. The van der Waals surface area contributed by atoms with Crippen LogP contribution in [0.25, 0.3) is 11.0 Å². The van der Waals surface area contributed by atoms with E-state index in [0.717, 1.165) is 0 Å². The number of hydrogen-bond donors (Lipinski definition) is 2. The molecule has 0 saturated carbocycles. The van der Waals surface area contributed by atoms with Crippen molar-refractivity contribution in [3.63, 3.8) is 0 Å². The van der Waals surface area contributed by atoms with Crippen molar-refractivity contribution in [2.24, 2.45) is 0 Å². The fraction of sp³-hybridized carbons (Fsp3) is 0.538. The minimum Gasteiger partial charge on any atom is -0.317 e. The molecule has 2 aromatic heterocycles. The van der Waals surface area contributed by atoms with Crippen LogP contribution < -0.4 is 10.9 Å². The maximum atomic E-state index is 12.1.